The first-order valence-electron chi connectivity index (χ1n) is 9.75. The summed E-state index contributed by atoms with van der Waals surface area (Å²) >= 11 is 0. The quantitative estimate of drug-likeness (QED) is 0.255. The summed E-state index contributed by atoms with van der Waals surface area (Å²) in [5.41, 5.74) is 0. The lowest BCUT2D eigenvalue weighted by Gasteiger charge is -2.29. The zero-order valence-electron chi connectivity index (χ0n) is 16.6. The predicted octanol–water partition coefficient (Wildman–Crippen LogP) is 6.83. The summed E-state index contributed by atoms with van der Waals surface area (Å²) in [6.07, 6.45) is 16.4. The van der Waals surface area contributed by atoms with Gasteiger partial charge in [-0.25, -0.2) is 0 Å². The van der Waals surface area contributed by atoms with Gasteiger partial charge < -0.3 is 4.43 Å². The van der Waals surface area contributed by atoms with Crippen molar-refractivity contribution in [1.82, 2.24) is 0 Å². The van der Waals surface area contributed by atoms with Crippen LogP contribution in [0.3, 0.4) is 0 Å². The van der Waals surface area contributed by atoms with Gasteiger partial charge >= 0.3 is 0 Å². The number of unbranched alkanes of at least 4 members (excludes halogenated alkanes) is 2. The molecule has 1 rings (SSSR count). The maximum atomic E-state index is 6.57. The minimum Gasteiger partial charge on any atom is -0.414 e. The van der Waals surface area contributed by atoms with Crippen LogP contribution in [0.1, 0.15) is 59.8 Å². The zero-order chi connectivity index (χ0) is 17.5. The third-order valence-corrected chi connectivity index (χ3v) is 5.77. The molecule has 4 atom stereocenters. The summed E-state index contributed by atoms with van der Waals surface area (Å²) in [6, 6.07) is 0. The predicted molar refractivity (Wildman–Crippen MR) is 106 cm³/mol. The van der Waals surface area contributed by atoms with E-state index >= 15 is 0 Å². The van der Waals surface area contributed by atoms with E-state index in [0.717, 1.165) is 5.92 Å². The van der Waals surface area contributed by atoms with Crippen LogP contribution in [0.5, 0.6) is 0 Å². The SMILES string of the molecule is CCCC/C=C\C[C@@H]1[C@@H](C=CC(C)C)[C@H](C)C[C@@H]1O[Si](C)(C)C. The van der Waals surface area contributed by atoms with Crippen LogP contribution in [0.25, 0.3) is 0 Å². The van der Waals surface area contributed by atoms with Gasteiger partial charge in [0, 0.05) is 6.10 Å². The van der Waals surface area contributed by atoms with E-state index in [1.54, 1.807) is 0 Å². The van der Waals surface area contributed by atoms with Crippen LogP contribution in [0, 0.1) is 23.7 Å². The maximum Gasteiger partial charge on any atom is 0.184 e. The van der Waals surface area contributed by atoms with Crippen molar-refractivity contribution in [3.05, 3.63) is 24.3 Å². The molecule has 0 heterocycles. The van der Waals surface area contributed by atoms with Crippen molar-refractivity contribution in [2.24, 2.45) is 23.7 Å². The van der Waals surface area contributed by atoms with Gasteiger partial charge in [0.15, 0.2) is 8.32 Å². The van der Waals surface area contributed by atoms with Crippen LogP contribution in [0.4, 0.5) is 0 Å². The van der Waals surface area contributed by atoms with Crippen LogP contribution >= 0.6 is 0 Å². The molecule has 23 heavy (non-hydrogen) atoms. The molecule has 0 N–H and O–H groups in total. The van der Waals surface area contributed by atoms with Gasteiger partial charge in [0.1, 0.15) is 0 Å². The fourth-order valence-corrected chi connectivity index (χ4v) is 4.82. The molecule has 0 unspecified atom stereocenters. The average Bonchev–Trinajstić information content (AvgIpc) is 2.69. The normalized spacial score (nSPS) is 29.4. The first-order valence-corrected chi connectivity index (χ1v) is 13.2. The highest BCUT2D eigenvalue weighted by atomic mass is 28.4. The van der Waals surface area contributed by atoms with Crippen molar-refractivity contribution in [3.63, 3.8) is 0 Å². The molecular weight excluding hydrogens is 296 g/mol. The molecule has 0 aromatic carbocycles. The van der Waals surface area contributed by atoms with Gasteiger partial charge in [0.2, 0.25) is 0 Å². The van der Waals surface area contributed by atoms with E-state index in [1.165, 1.54) is 32.1 Å². The smallest absolute Gasteiger partial charge is 0.184 e. The first kappa shape index (κ1) is 20.7. The largest absolute Gasteiger partial charge is 0.414 e. The van der Waals surface area contributed by atoms with Crippen molar-refractivity contribution < 1.29 is 4.43 Å². The Labute approximate surface area is 146 Å². The van der Waals surface area contributed by atoms with Crippen LogP contribution in [0.15, 0.2) is 24.3 Å². The highest BCUT2D eigenvalue weighted by Gasteiger charge is 2.41. The Balaban J connectivity index is 2.78. The summed E-state index contributed by atoms with van der Waals surface area (Å²) in [4.78, 5) is 0. The number of rotatable bonds is 9. The van der Waals surface area contributed by atoms with Gasteiger partial charge in [-0.3, -0.25) is 0 Å². The molecule has 1 aliphatic rings. The summed E-state index contributed by atoms with van der Waals surface area (Å²) in [5.74, 6) is 2.71. The lowest BCUT2D eigenvalue weighted by atomic mass is 9.86. The van der Waals surface area contributed by atoms with E-state index in [2.05, 4.69) is 71.6 Å². The second-order valence-corrected chi connectivity index (χ2v) is 13.2. The molecule has 0 radical (unpaired) electrons. The summed E-state index contributed by atoms with van der Waals surface area (Å²) in [6.45, 7) is 16.2. The molecule has 0 aromatic rings. The minimum absolute atomic E-state index is 0.453. The van der Waals surface area contributed by atoms with Gasteiger partial charge in [-0.1, -0.05) is 64.8 Å². The lowest BCUT2D eigenvalue weighted by molar-refractivity contribution is 0.143. The molecule has 134 valence electrons. The Hall–Kier alpha value is -0.343. The average molecular weight is 337 g/mol. The minimum atomic E-state index is -1.48. The summed E-state index contributed by atoms with van der Waals surface area (Å²) in [5, 5.41) is 0. The lowest BCUT2D eigenvalue weighted by Crippen LogP contribution is -2.34. The number of hydrogen-bond acceptors (Lipinski definition) is 1. The third-order valence-electron chi connectivity index (χ3n) is 4.76. The van der Waals surface area contributed by atoms with Gasteiger partial charge in [-0.15, -0.1) is 0 Å². The van der Waals surface area contributed by atoms with Crippen LogP contribution in [-0.4, -0.2) is 14.4 Å². The first-order chi connectivity index (χ1) is 10.7. The van der Waals surface area contributed by atoms with Crippen molar-refractivity contribution in [2.45, 2.75) is 85.5 Å². The van der Waals surface area contributed by atoms with Crippen molar-refractivity contribution >= 4 is 8.32 Å². The Bertz CT molecular complexity index is 378. The van der Waals surface area contributed by atoms with Crippen LogP contribution in [0.2, 0.25) is 19.6 Å². The molecule has 1 aliphatic carbocycles. The van der Waals surface area contributed by atoms with E-state index in [0.29, 0.717) is 23.9 Å². The molecule has 0 bridgehead atoms. The van der Waals surface area contributed by atoms with Gasteiger partial charge in [-0.2, -0.15) is 0 Å². The van der Waals surface area contributed by atoms with Crippen molar-refractivity contribution in [2.75, 3.05) is 0 Å². The molecule has 0 aromatic heterocycles. The number of hydrogen-bond donors (Lipinski definition) is 0. The van der Waals surface area contributed by atoms with E-state index in [9.17, 15) is 0 Å². The van der Waals surface area contributed by atoms with Gasteiger partial charge in [0.25, 0.3) is 0 Å². The highest BCUT2D eigenvalue weighted by molar-refractivity contribution is 6.69. The van der Waals surface area contributed by atoms with Crippen LogP contribution < -0.4 is 0 Å². The highest BCUT2D eigenvalue weighted by Crippen LogP contribution is 2.43. The summed E-state index contributed by atoms with van der Waals surface area (Å²) < 4.78 is 6.57. The standard InChI is InChI=1S/C21H40OSi/c1-8-9-10-11-12-13-20-19(15-14-17(2)3)18(4)16-21(20)22-23(5,6)7/h11-12,14-15,17-21H,8-10,13,16H2,1-7H3/b12-11-,15-14?/t18-,19+,20-,21+/m1/s1. The summed E-state index contributed by atoms with van der Waals surface area (Å²) in [7, 11) is -1.48. The number of allylic oxidation sites excluding steroid dienone is 4. The molecule has 1 nitrogen and oxygen atoms in total. The fraction of sp³-hybridized carbons (Fsp3) is 0.810. The molecule has 0 amide bonds. The zero-order valence-corrected chi connectivity index (χ0v) is 17.6. The van der Waals surface area contributed by atoms with E-state index in [4.69, 9.17) is 4.43 Å². The van der Waals surface area contributed by atoms with Crippen LogP contribution in [-0.2, 0) is 4.43 Å². The van der Waals surface area contributed by atoms with E-state index in [-0.39, 0.29) is 0 Å². The molecule has 1 saturated carbocycles. The maximum absolute atomic E-state index is 6.57. The van der Waals surface area contributed by atoms with Crippen molar-refractivity contribution in [3.8, 4) is 0 Å². The molecule has 0 aliphatic heterocycles. The van der Waals surface area contributed by atoms with E-state index < -0.39 is 8.32 Å². The molecule has 2 heteroatoms. The van der Waals surface area contributed by atoms with Gasteiger partial charge in [0.05, 0.1) is 0 Å². The van der Waals surface area contributed by atoms with E-state index in [1.807, 2.05) is 0 Å². The molecule has 1 fully saturated rings. The Morgan fingerprint density at radius 3 is 2.43 bits per heavy atom. The third kappa shape index (κ3) is 7.85. The second kappa shape index (κ2) is 9.83. The molecule has 0 saturated heterocycles. The Kier molecular flexibility index (Phi) is 8.85. The Morgan fingerprint density at radius 2 is 1.87 bits per heavy atom. The van der Waals surface area contributed by atoms with Crippen molar-refractivity contribution in [1.29, 1.82) is 0 Å². The molecular formula is C21H40OSi. The molecule has 0 spiro atoms. The second-order valence-electron chi connectivity index (χ2n) is 8.70. The van der Waals surface area contributed by atoms with Gasteiger partial charge in [-0.05, 0) is 62.6 Å². The fourth-order valence-electron chi connectivity index (χ4n) is 3.64. The monoisotopic (exact) mass is 336 g/mol. The topological polar surface area (TPSA) is 9.23 Å². The Morgan fingerprint density at radius 1 is 1.17 bits per heavy atom.